The van der Waals surface area contributed by atoms with Gasteiger partial charge in [0.2, 0.25) is 5.91 Å². The van der Waals surface area contributed by atoms with Crippen molar-refractivity contribution in [2.75, 3.05) is 58.5 Å². The number of halogens is 2. The van der Waals surface area contributed by atoms with Gasteiger partial charge in [-0.2, -0.15) is 0 Å². The lowest BCUT2D eigenvalue weighted by molar-refractivity contribution is -0.119. The lowest BCUT2D eigenvalue weighted by Crippen LogP contribution is -2.49. The number of alkyl halides is 2. The monoisotopic (exact) mass is 654 g/mol. The molecule has 0 radical (unpaired) electrons. The fourth-order valence-electron chi connectivity index (χ4n) is 6.70. The number of ether oxygens (including phenoxy) is 3. The van der Waals surface area contributed by atoms with E-state index in [-0.39, 0.29) is 24.1 Å². The van der Waals surface area contributed by atoms with Crippen molar-refractivity contribution in [2.45, 2.75) is 65.0 Å². The third-order valence-electron chi connectivity index (χ3n) is 9.13. The molecule has 2 saturated heterocycles. The SMILES string of the molecule is CCCCOC(=O)n1ccc2c(CN3CCN(CC(F)F)C[C@H]3c3ccc(C(=O)OC)c(N4CCCCC4=O)c3)c(OC)cc(C)c21. The Balaban J connectivity index is 1.56. The molecule has 0 aliphatic carbocycles. The highest BCUT2D eigenvalue weighted by Gasteiger charge is 2.33. The maximum atomic E-state index is 13.6. The van der Waals surface area contributed by atoms with E-state index in [0.29, 0.717) is 57.2 Å². The van der Waals surface area contributed by atoms with Crippen LogP contribution in [-0.2, 0) is 20.8 Å². The summed E-state index contributed by atoms with van der Waals surface area (Å²) in [5, 5.41) is 0.837. The van der Waals surface area contributed by atoms with Gasteiger partial charge in [-0.05, 0) is 61.6 Å². The van der Waals surface area contributed by atoms with Crippen molar-refractivity contribution in [2.24, 2.45) is 0 Å². The summed E-state index contributed by atoms with van der Waals surface area (Å²) in [5.41, 5.74) is 3.99. The van der Waals surface area contributed by atoms with Crippen molar-refractivity contribution in [3.05, 3.63) is 58.8 Å². The van der Waals surface area contributed by atoms with E-state index in [0.717, 1.165) is 53.3 Å². The van der Waals surface area contributed by atoms with Gasteiger partial charge in [0.05, 0.1) is 44.1 Å². The van der Waals surface area contributed by atoms with Gasteiger partial charge in [-0.15, -0.1) is 0 Å². The molecule has 1 aromatic heterocycles. The molecule has 2 fully saturated rings. The smallest absolute Gasteiger partial charge is 0.418 e. The lowest BCUT2D eigenvalue weighted by Gasteiger charge is -2.42. The molecule has 10 nitrogen and oxygen atoms in total. The minimum Gasteiger partial charge on any atom is -0.496 e. The van der Waals surface area contributed by atoms with E-state index in [1.807, 2.05) is 38.1 Å². The molecule has 3 heterocycles. The number of fused-ring (bicyclic) bond motifs is 1. The van der Waals surface area contributed by atoms with E-state index >= 15 is 0 Å². The highest BCUT2D eigenvalue weighted by molar-refractivity contribution is 6.03. The number of carbonyl (C=O) groups is 3. The van der Waals surface area contributed by atoms with Crippen molar-refractivity contribution < 1.29 is 37.4 Å². The highest BCUT2D eigenvalue weighted by Crippen LogP contribution is 2.38. The molecule has 12 heteroatoms. The molecule has 1 amide bonds. The Morgan fingerprint density at radius 3 is 2.57 bits per heavy atom. The molecule has 0 bridgehead atoms. The Hall–Kier alpha value is -4.03. The zero-order valence-corrected chi connectivity index (χ0v) is 27.6. The first kappa shape index (κ1) is 34.3. The standard InChI is InChI=1S/C35H44F2N4O6/c1-5-6-17-47-35(44)41-14-12-25-27(30(45-3)18-23(2)33(25)41)20-39-16-15-38(22-31(36)37)21-29(39)24-10-11-26(34(43)46-4)28(19-24)40-13-8-7-9-32(40)42/h10-12,14,18-19,29,31H,5-9,13,15-17,20-22H2,1-4H3/t29-/m0/s1. The number of unbranched alkanes of at least 4 members (excludes halogenated alkanes) is 1. The van der Waals surface area contributed by atoms with Crippen LogP contribution < -0.4 is 9.64 Å². The molecule has 5 rings (SSSR count). The van der Waals surface area contributed by atoms with Crippen molar-refractivity contribution in [3.63, 3.8) is 0 Å². The topological polar surface area (TPSA) is 93.5 Å². The van der Waals surface area contributed by atoms with Crippen molar-refractivity contribution in [1.82, 2.24) is 14.4 Å². The Kier molecular flexibility index (Phi) is 11.1. The van der Waals surface area contributed by atoms with Crippen molar-refractivity contribution in [1.29, 1.82) is 0 Å². The van der Waals surface area contributed by atoms with Gasteiger partial charge in [0.25, 0.3) is 6.43 Å². The number of aromatic nitrogens is 1. The minimum atomic E-state index is -2.49. The van der Waals surface area contributed by atoms with Gasteiger partial charge < -0.3 is 19.1 Å². The molecule has 0 spiro atoms. The summed E-state index contributed by atoms with van der Waals surface area (Å²) in [7, 11) is 2.91. The number of hydrogen-bond acceptors (Lipinski definition) is 8. The predicted molar refractivity (Wildman–Crippen MR) is 174 cm³/mol. The normalized spacial score (nSPS) is 17.8. The van der Waals surface area contributed by atoms with Crippen molar-refractivity contribution in [3.8, 4) is 5.75 Å². The molecule has 0 N–H and O–H groups in total. The van der Waals surface area contributed by atoms with Crippen molar-refractivity contribution >= 4 is 34.6 Å². The van der Waals surface area contributed by atoms with Gasteiger partial charge in [-0.25, -0.2) is 18.4 Å². The molecule has 2 aliphatic heterocycles. The van der Waals surface area contributed by atoms with Crippen LogP contribution >= 0.6 is 0 Å². The third kappa shape index (κ3) is 7.43. The number of anilines is 1. The van der Waals surface area contributed by atoms with Gasteiger partial charge in [0.15, 0.2) is 0 Å². The molecule has 2 aliphatic rings. The second kappa shape index (κ2) is 15.2. The second-order valence-corrected chi connectivity index (χ2v) is 12.2. The Morgan fingerprint density at radius 2 is 1.87 bits per heavy atom. The molecule has 0 saturated carbocycles. The molecular formula is C35H44F2N4O6. The van der Waals surface area contributed by atoms with Crippen LogP contribution in [0.2, 0.25) is 0 Å². The lowest BCUT2D eigenvalue weighted by atomic mass is 9.96. The summed E-state index contributed by atoms with van der Waals surface area (Å²) < 4.78 is 45.1. The molecule has 47 heavy (non-hydrogen) atoms. The number of esters is 1. The maximum absolute atomic E-state index is 13.6. The third-order valence-corrected chi connectivity index (χ3v) is 9.13. The number of methoxy groups -OCH3 is 2. The zero-order valence-electron chi connectivity index (χ0n) is 27.6. The Labute approximate surface area is 274 Å². The predicted octanol–water partition coefficient (Wildman–Crippen LogP) is 6.17. The van der Waals surface area contributed by atoms with Crippen LogP contribution in [0.3, 0.4) is 0 Å². The number of benzene rings is 2. The molecule has 3 aromatic rings. The molecular weight excluding hydrogens is 610 g/mol. The van der Waals surface area contributed by atoms with Crippen LogP contribution in [0.4, 0.5) is 19.3 Å². The van der Waals surface area contributed by atoms with E-state index in [1.165, 1.54) is 11.7 Å². The Morgan fingerprint density at radius 1 is 1.06 bits per heavy atom. The number of aryl methyl sites for hydroxylation is 1. The summed E-state index contributed by atoms with van der Waals surface area (Å²) >= 11 is 0. The Bertz CT molecular complexity index is 1610. The fraction of sp³-hybridized carbons (Fsp3) is 0.514. The summed E-state index contributed by atoms with van der Waals surface area (Å²) in [6, 6.07) is 8.75. The molecule has 254 valence electrons. The minimum absolute atomic E-state index is 0.0668. The highest BCUT2D eigenvalue weighted by atomic mass is 19.3. The van der Waals surface area contributed by atoms with Gasteiger partial charge in [0, 0.05) is 62.3 Å². The van der Waals surface area contributed by atoms with Gasteiger partial charge in [0.1, 0.15) is 5.75 Å². The molecule has 0 unspecified atom stereocenters. The summed E-state index contributed by atoms with van der Waals surface area (Å²) in [4.78, 5) is 44.4. The van der Waals surface area contributed by atoms with E-state index in [1.54, 1.807) is 29.2 Å². The number of rotatable bonds is 11. The largest absolute Gasteiger partial charge is 0.496 e. The van der Waals surface area contributed by atoms with E-state index in [9.17, 15) is 23.2 Å². The van der Waals surface area contributed by atoms with Crippen LogP contribution in [0, 0.1) is 6.92 Å². The number of carbonyl (C=O) groups excluding carboxylic acids is 3. The first-order chi connectivity index (χ1) is 22.7. The van der Waals surface area contributed by atoms with Gasteiger partial charge in [-0.1, -0.05) is 19.4 Å². The number of hydrogen-bond donors (Lipinski definition) is 0. The summed E-state index contributed by atoms with van der Waals surface area (Å²) in [6.07, 6.45) is 2.44. The number of piperazine rings is 1. The molecule has 1 atom stereocenters. The van der Waals surface area contributed by atoms with E-state index < -0.39 is 18.5 Å². The first-order valence-corrected chi connectivity index (χ1v) is 16.3. The summed E-state index contributed by atoms with van der Waals surface area (Å²) in [6.45, 7) is 6.04. The molecule has 2 aromatic carbocycles. The number of amides is 1. The number of piperidine rings is 1. The first-order valence-electron chi connectivity index (χ1n) is 16.3. The van der Waals surface area contributed by atoms with Crippen LogP contribution in [0.25, 0.3) is 10.9 Å². The maximum Gasteiger partial charge on any atom is 0.418 e. The van der Waals surface area contributed by atoms with E-state index in [2.05, 4.69) is 4.90 Å². The van der Waals surface area contributed by atoms with Crippen LogP contribution in [0.5, 0.6) is 5.75 Å². The van der Waals surface area contributed by atoms with Crippen LogP contribution in [0.15, 0.2) is 36.5 Å². The average molecular weight is 655 g/mol. The average Bonchev–Trinajstić information content (AvgIpc) is 3.52. The summed E-state index contributed by atoms with van der Waals surface area (Å²) in [5.74, 6) is 0.0404. The number of nitrogens with zero attached hydrogens (tertiary/aromatic N) is 4. The quantitative estimate of drug-likeness (QED) is 0.179. The van der Waals surface area contributed by atoms with Gasteiger partial charge in [-0.3, -0.25) is 19.2 Å². The fourth-order valence-corrected chi connectivity index (χ4v) is 6.70. The second-order valence-electron chi connectivity index (χ2n) is 12.2. The van der Waals surface area contributed by atoms with E-state index in [4.69, 9.17) is 14.2 Å². The van der Waals surface area contributed by atoms with Crippen LogP contribution in [-0.4, -0.2) is 92.3 Å². The van der Waals surface area contributed by atoms with Gasteiger partial charge >= 0.3 is 12.1 Å². The zero-order chi connectivity index (χ0) is 33.7. The van der Waals surface area contributed by atoms with Crippen LogP contribution in [0.1, 0.15) is 72.1 Å².